The maximum atomic E-state index is 12.6. The van der Waals surface area contributed by atoms with Gasteiger partial charge in [-0.3, -0.25) is 0 Å². The Morgan fingerprint density at radius 1 is 1.09 bits per heavy atom. The Morgan fingerprint density at radius 3 is 2.04 bits per heavy atom. The quantitative estimate of drug-likeness (QED) is 0.351. The number of carbonyl (C=O) groups excluding carboxylic acids is 1. The maximum absolute atomic E-state index is 12.6. The molecule has 0 radical (unpaired) electrons. The van der Waals surface area contributed by atoms with Gasteiger partial charge in [0, 0.05) is 18.9 Å². The fourth-order valence-corrected chi connectivity index (χ4v) is 2.38. The lowest BCUT2D eigenvalue weighted by atomic mass is 9.72. The van der Waals surface area contributed by atoms with Gasteiger partial charge in [0.05, 0.1) is 6.61 Å². The Balaban J connectivity index is 4.10. The predicted octanol–water partition coefficient (Wildman–Crippen LogP) is 4.01. The molecule has 0 aromatic carbocycles. The van der Waals surface area contributed by atoms with Crippen LogP contribution in [0.15, 0.2) is 0 Å². The first-order valence-electron chi connectivity index (χ1n) is 8.26. The molecule has 1 N–H and O–H groups in total. The molecule has 2 unspecified atom stereocenters. The van der Waals surface area contributed by atoms with E-state index >= 15 is 0 Å². The van der Waals surface area contributed by atoms with Crippen LogP contribution < -0.4 is 0 Å². The second kappa shape index (κ2) is 9.52. The third kappa shape index (κ3) is 8.06. The molecule has 0 saturated heterocycles. The van der Waals surface area contributed by atoms with Crippen molar-refractivity contribution < 1.29 is 28.2 Å². The first-order valence-corrected chi connectivity index (χ1v) is 8.26. The largest absolute Gasteiger partial charge is 0.461 e. The average molecular weight is 338 g/mol. The van der Waals surface area contributed by atoms with E-state index in [9.17, 15) is 18.7 Å². The number of aliphatic hydroxyl groups excluding tert-OH is 1. The fraction of sp³-hybridized carbons (Fsp3) is 0.941. The van der Waals surface area contributed by atoms with Crippen LogP contribution >= 0.6 is 0 Å². The number of hydrogen-bond acceptors (Lipinski definition) is 4. The van der Waals surface area contributed by atoms with Crippen molar-refractivity contribution in [3.05, 3.63) is 0 Å². The van der Waals surface area contributed by atoms with Gasteiger partial charge in [-0.15, -0.1) is 0 Å². The highest BCUT2D eigenvalue weighted by Gasteiger charge is 2.37. The van der Waals surface area contributed by atoms with E-state index in [0.717, 1.165) is 6.42 Å². The Kier molecular flexibility index (Phi) is 9.21. The molecular weight excluding hydrogens is 306 g/mol. The van der Waals surface area contributed by atoms with Gasteiger partial charge in [0.25, 0.3) is 0 Å². The van der Waals surface area contributed by atoms with Gasteiger partial charge in [-0.05, 0) is 31.1 Å². The van der Waals surface area contributed by atoms with E-state index in [1.165, 1.54) is 0 Å². The average Bonchev–Trinajstić information content (AvgIpc) is 2.39. The van der Waals surface area contributed by atoms with E-state index in [2.05, 4.69) is 32.4 Å². The zero-order chi connectivity index (χ0) is 18.3. The van der Waals surface area contributed by atoms with Crippen molar-refractivity contribution in [2.75, 3.05) is 13.2 Å². The van der Waals surface area contributed by atoms with Gasteiger partial charge in [0.2, 0.25) is 0 Å². The van der Waals surface area contributed by atoms with Crippen LogP contribution in [0.5, 0.6) is 0 Å². The van der Waals surface area contributed by atoms with Gasteiger partial charge < -0.3 is 14.6 Å². The van der Waals surface area contributed by atoms with Crippen molar-refractivity contribution in [3.63, 3.8) is 0 Å². The highest BCUT2D eigenvalue weighted by molar-refractivity contribution is 5.76. The minimum atomic E-state index is -3.46. The van der Waals surface area contributed by atoms with Crippen molar-refractivity contribution in [3.8, 4) is 0 Å². The lowest BCUT2D eigenvalue weighted by Gasteiger charge is -2.39. The highest BCUT2D eigenvalue weighted by atomic mass is 19.3. The first kappa shape index (κ1) is 22.2. The van der Waals surface area contributed by atoms with Crippen LogP contribution in [0.2, 0.25) is 0 Å². The van der Waals surface area contributed by atoms with Crippen LogP contribution in [0.3, 0.4) is 0 Å². The molecule has 0 aliphatic heterocycles. The number of alkyl halides is 2. The van der Waals surface area contributed by atoms with Crippen LogP contribution in [0.4, 0.5) is 8.78 Å². The number of carbonyl (C=O) groups is 1. The van der Waals surface area contributed by atoms with Crippen molar-refractivity contribution in [2.24, 2.45) is 17.3 Å². The molecule has 0 fully saturated rings. The summed E-state index contributed by atoms with van der Waals surface area (Å²) in [5, 5.41) is 10.3. The summed E-state index contributed by atoms with van der Waals surface area (Å²) in [4.78, 5) is 10.9. The second-order valence-corrected chi connectivity index (χ2v) is 7.21. The molecular formula is C17H32F2O4. The number of rotatable bonds is 11. The Labute approximate surface area is 138 Å². The summed E-state index contributed by atoms with van der Waals surface area (Å²) in [6.45, 7) is 11.1. The normalized spacial score (nSPS) is 16.5. The summed E-state index contributed by atoms with van der Waals surface area (Å²) in [5.74, 6) is -4.27. The van der Waals surface area contributed by atoms with E-state index in [1.807, 2.05) is 6.92 Å². The number of hydrogen-bond donors (Lipinski definition) is 1. The van der Waals surface area contributed by atoms with E-state index in [4.69, 9.17) is 4.74 Å². The van der Waals surface area contributed by atoms with E-state index in [1.54, 1.807) is 0 Å². The molecule has 0 aromatic heterocycles. The summed E-state index contributed by atoms with van der Waals surface area (Å²) < 4.78 is 35.1. The van der Waals surface area contributed by atoms with Gasteiger partial charge in [0.1, 0.15) is 0 Å². The summed E-state index contributed by atoms with van der Waals surface area (Å²) in [6.07, 6.45) is 0.897. The van der Waals surface area contributed by atoms with Crippen molar-refractivity contribution in [1.82, 2.24) is 0 Å². The van der Waals surface area contributed by atoms with E-state index < -0.39 is 18.2 Å². The summed E-state index contributed by atoms with van der Waals surface area (Å²) >= 11 is 0. The summed E-state index contributed by atoms with van der Waals surface area (Å²) in [5.41, 5.74) is -0.342. The minimum absolute atomic E-state index is 0.0742. The van der Waals surface area contributed by atoms with E-state index in [-0.39, 0.29) is 17.9 Å². The molecule has 0 heterocycles. The number of unbranched alkanes of at least 4 members (excludes halogenated alkanes) is 1. The van der Waals surface area contributed by atoms with Crippen LogP contribution in [0.1, 0.15) is 60.8 Å². The number of halogens is 2. The molecule has 2 atom stereocenters. The topological polar surface area (TPSA) is 55.8 Å². The summed E-state index contributed by atoms with van der Waals surface area (Å²) in [6, 6.07) is 0. The predicted molar refractivity (Wildman–Crippen MR) is 85.2 cm³/mol. The maximum Gasteiger partial charge on any atom is 0.376 e. The third-order valence-electron chi connectivity index (χ3n) is 4.14. The molecule has 0 saturated carbocycles. The monoisotopic (exact) mass is 338 g/mol. The van der Waals surface area contributed by atoms with Crippen molar-refractivity contribution in [1.29, 1.82) is 0 Å². The van der Waals surface area contributed by atoms with Crippen LogP contribution in [0, 0.1) is 17.3 Å². The molecule has 0 aromatic rings. The number of ether oxygens (including phenoxy) is 2. The molecule has 6 heteroatoms. The van der Waals surface area contributed by atoms with Crippen molar-refractivity contribution >= 4 is 5.97 Å². The zero-order valence-corrected chi connectivity index (χ0v) is 15.2. The van der Waals surface area contributed by atoms with Gasteiger partial charge in [-0.2, -0.15) is 8.78 Å². The first-order chi connectivity index (χ1) is 10.4. The molecule has 0 aliphatic carbocycles. The molecule has 4 nitrogen and oxygen atoms in total. The lowest BCUT2D eigenvalue weighted by Crippen LogP contribution is -2.40. The second-order valence-electron chi connectivity index (χ2n) is 7.21. The Morgan fingerprint density at radius 2 is 1.61 bits per heavy atom. The standard InChI is InChI=1S/C17H32F2O4/c1-12(2)11-16(5,13(3)4)14(20)22-9-7-8-10-23-15(21)17(6,18)19/h12-14,20H,7-11H2,1-6H3. The lowest BCUT2D eigenvalue weighted by molar-refractivity contribution is -0.190. The molecule has 138 valence electrons. The summed E-state index contributed by atoms with van der Waals surface area (Å²) in [7, 11) is 0. The molecule has 0 aliphatic rings. The van der Waals surface area contributed by atoms with Gasteiger partial charge in [0.15, 0.2) is 6.29 Å². The fourth-order valence-electron chi connectivity index (χ4n) is 2.38. The number of esters is 1. The van der Waals surface area contributed by atoms with Gasteiger partial charge >= 0.3 is 11.9 Å². The Hall–Kier alpha value is -0.750. The minimum Gasteiger partial charge on any atom is -0.461 e. The van der Waals surface area contributed by atoms with Crippen LogP contribution in [-0.2, 0) is 14.3 Å². The van der Waals surface area contributed by atoms with Crippen molar-refractivity contribution in [2.45, 2.75) is 73.0 Å². The zero-order valence-electron chi connectivity index (χ0n) is 15.2. The molecule has 0 bridgehead atoms. The molecule has 23 heavy (non-hydrogen) atoms. The SMILES string of the molecule is CC(C)CC(C)(C(C)C)C(O)OCCCCOC(=O)C(C)(F)F. The smallest absolute Gasteiger partial charge is 0.376 e. The molecule has 0 amide bonds. The van der Waals surface area contributed by atoms with Crippen LogP contribution in [0.25, 0.3) is 0 Å². The van der Waals surface area contributed by atoms with Crippen LogP contribution in [-0.4, -0.2) is 36.5 Å². The van der Waals surface area contributed by atoms with Gasteiger partial charge in [-0.25, -0.2) is 4.79 Å². The Bertz CT molecular complexity index is 353. The highest BCUT2D eigenvalue weighted by Crippen LogP contribution is 2.38. The molecule has 0 spiro atoms. The third-order valence-corrected chi connectivity index (χ3v) is 4.14. The van der Waals surface area contributed by atoms with E-state index in [0.29, 0.717) is 32.3 Å². The number of aliphatic hydroxyl groups is 1. The molecule has 0 rings (SSSR count). The van der Waals surface area contributed by atoms with Gasteiger partial charge in [-0.1, -0.05) is 34.6 Å².